The van der Waals surface area contributed by atoms with Crippen molar-refractivity contribution in [1.82, 2.24) is 0 Å². The maximum Gasteiger partial charge on any atom is 0.185 e. The Morgan fingerprint density at radius 1 is 0.765 bits per heavy atom. The molecule has 1 nitrogen and oxygen atoms in total. The molecule has 17 heavy (non-hydrogen) atoms. The lowest BCUT2D eigenvalue weighted by Crippen LogP contribution is -2.27. The minimum Gasteiger partial charge on any atom is -0.289 e. The summed E-state index contributed by atoms with van der Waals surface area (Å²) in [7, 11) is 0. The minimum atomic E-state index is 0.350. The van der Waals surface area contributed by atoms with Gasteiger partial charge in [0, 0.05) is 11.1 Å². The molecule has 0 N–H and O–H groups in total. The molecule has 0 aromatic rings. The molecule has 4 saturated carbocycles. The zero-order valence-electron chi connectivity index (χ0n) is 10.8. The van der Waals surface area contributed by atoms with Crippen molar-refractivity contribution >= 4 is 5.78 Å². The van der Waals surface area contributed by atoms with Crippen molar-refractivity contribution in [1.29, 1.82) is 0 Å². The zero-order chi connectivity index (χ0) is 11.7. The molecule has 90 valence electrons. The van der Waals surface area contributed by atoms with Crippen LogP contribution in [0.5, 0.6) is 0 Å². The molecule has 0 aliphatic heterocycles. The molecule has 5 aliphatic rings. The van der Waals surface area contributed by atoms with Gasteiger partial charge in [-0.25, -0.2) is 0 Å². The molecule has 1 heteroatoms. The minimum absolute atomic E-state index is 0.350. The second-order valence-electron chi connectivity index (χ2n) is 6.71. The third-order valence-electron chi connectivity index (χ3n) is 5.73. The summed E-state index contributed by atoms with van der Waals surface area (Å²) in [5.74, 6) is 3.71. The quantitative estimate of drug-likeness (QED) is 0.618. The number of ketones is 1. The summed E-state index contributed by atoms with van der Waals surface area (Å²) in [6, 6.07) is 0. The van der Waals surface area contributed by atoms with Crippen LogP contribution >= 0.6 is 0 Å². The van der Waals surface area contributed by atoms with Gasteiger partial charge in [-0.05, 0) is 80.8 Å². The Labute approximate surface area is 103 Å². The van der Waals surface area contributed by atoms with Crippen LogP contribution in [0.15, 0.2) is 22.3 Å². The highest BCUT2D eigenvalue weighted by Gasteiger charge is 2.47. The average Bonchev–Trinajstić information content (AvgIpc) is 2.42. The number of Topliss-reactive ketones (excluding diaryl/α,β-unsaturated/α-hetero) is 1. The molecule has 0 radical (unpaired) electrons. The molecule has 0 unspecified atom stereocenters. The predicted octanol–water partition coefficient (Wildman–Crippen LogP) is 3.66. The van der Waals surface area contributed by atoms with E-state index in [1.807, 2.05) is 0 Å². The van der Waals surface area contributed by atoms with Gasteiger partial charge in [0.25, 0.3) is 0 Å². The molecule has 5 rings (SSSR count). The fraction of sp³-hybridized carbons (Fsp3) is 0.688. The van der Waals surface area contributed by atoms with E-state index in [1.165, 1.54) is 43.3 Å². The fourth-order valence-corrected chi connectivity index (χ4v) is 5.30. The van der Waals surface area contributed by atoms with Crippen molar-refractivity contribution < 1.29 is 4.79 Å². The van der Waals surface area contributed by atoms with Crippen LogP contribution in [0.25, 0.3) is 0 Å². The number of hydrogen-bond acceptors (Lipinski definition) is 1. The van der Waals surface area contributed by atoms with Gasteiger partial charge in [-0.2, -0.15) is 0 Å². The number of rotatable bonds is 0. The number of carbonyl (C=O) groups excluding carboxylic acids is 1. The molecule has 0 aromatic heterocycles. The Morgan fingerprint density at radius 3 is 1.59 bits per heavy atom. The lowest BCUT2D eigenvalue weighted by Gasteiger charge is -2.38. The van der Waals surface area contributed by atoms with E-state index < -0.39 is 0 Å². The standard InChI is InChI=1S/C16H20O/c1-8-14-12-4-10-3-11(5-12)7-13(6-10)15(14)9(2)16(8)17/h10-13H,3-7H2,1-2H3. The third kappa shape index (κ3) is 1.18. The lowest BCUT2D eigenvalue weighted by molar-refractivity contribution is -0.112. The first kappa shape index (κ1) is 10.1. The van der Waals surface area contributed by atoms with E-state index in [2.05, 4.69) is 13.8 Å². The van der Waals surface area contributed by atoms with Crippen molar-refractivity contribution in [2.45, 2.75) is 46.0 Å². The number of hydrogen-bond donors (Lipinski definition) is 0. The normalized spacial score (nSPS) is 43.5. The van der Waals surface area contributed by atoms with E-state index in [1.54, 1.807) is 0 Å². The highest BCUT2D eigenvalue weighted by Crippen LogP contribution is 2.58. The van der Waals surface area contributed by atoms with Gasteiger partial charge in [0.2, 0.25) is 0 Å². The first-order valence-electron chi connectivity index (χ1n) is 7.11. The van der Waals surface area contributed by atoms with E-state index in [0.29, 0.717) is 5.78 Å². The Morgan fingerprint density at radius 2 is 1.18 bits per heavy atom. The summed E-state index contributed by atoms with van der Waals surface area (Å²) in [6.45, 7) is 4.14. The molecular formula is C16H20O. The molecular weight excluding hydrogens is 208 g/mol. The van der Waals surface area contributed by atoms with Crippen molar-refractivity contribution in [2.24, 2.45) is 23.7 Å². The van der Waals surface area contributed by atoms with E-state index in [4.69, 9.17) is 0 Å². The molecule has 0 spiro atoms. The first-order valence-corrected chi connectivity index (χ1v) is 7.11. The Hall–Kier alpha value is -0.850. The summed E-state index contributed by atoms with van der Waals surface area (Å²) < 4.78 is 0. The number of allylic oxidation sites excluding steroid dienone is 4. The van der Waals surface area contributed by atoms with Gasteiger partial charge in [0.1, 0.15) is 0 Å². The van der Waals surface area contributed by atoms with Crippen LogP contribution < -0.4 is 0 Å². The highest BCUT2D eigenvalue weighted by molar-refractivity contribution is 6.12. The summed E-state index contributed by atoms with van der Waals surface area (Å²) in [6.07, 6.45) is 6.93. The molecule has 4 bridgehead atoms. The van der Waals surface area contributed by atoms with Crippen molar-refractivity contribution in [2.75, 3.05) is 0 Å². The van der Waals surface area contributed by atoms with Crippen molar-refractivity contribution in [3.8, 4) is 0 Å². The molecule has 0 amide bonds. The van der Waals surface area contributed by atoms with Crippen LogP contribution in [0.3, 0.4) is 0 Å². The van der Waals surface area contributed by atoms with E-state index in [9.17, 15) is 4.79 Å². The van der Waals surface area contributed by atoms with Crippen LogP contribution in [-0.4, -0.2) is 5.78 Å². The van der Waals surface area contributed by atoms with Gasteiger partial charge in [0.15, 0.2) is 5.78 Å². The zero-order valence-corrected chi connectivity index (χ0v) is 10.8. The van der Waals surface area contributed by atoms with E-state index in [-0.39, 0.29) is 0 Å². The largest absolute Gasteiger partial charge is 0.289 e. The van der Waals surface area contributed by atoms with E-state index >= 15 is 0 Å². The smallest absolute Gasteiger partial charge is 0.185 e. The van der Waals surface area contributed by atoms with Gasteiger partial charge in [0.05, 0.1) is 0 Å². The van der Waals surface area contributed by atoms with Crippen molar-refractivity contribution in [3.63, 3.8) is 0 Å². The van der Waals surface area contributed by atoms with E-state index in [0.717, 1.165) is 34.8 Å². The van der Waals surface area contributed by atoms with Crippen LogP contribution in [0.4, 0.5) is 0 Å². The van der Waals surface area contributed by atoms with Gasteiger partial charge in [-0.1, -0.05) is 0 Å². The Kier molecular flexibility index (Phi) is 1.86. The maximum absolute atomic E-state index is 12.2. The first-order chi connectivity index (χ1) is 8.15. The second kappa shape index (κ2) is 3.13. The van der Waals surface area contributed by atoms with Crippen molar-refractivity contribution in [3.05, 3.63) is 22.3 Å². The van der Waals surface area contributed by atoms with Gasteiger partial charge in [-0.15, -0.1) is 0 Å². The molecule has 0 aromatic carbocycles. The van der Waals surface area contributed by atoms with Crippen LogP contribution in [0.1, 0.15) is 46.0 Å². The van der Waals surface area contributed by atoms with Crippen LogP contribution in [0.2, 0.25) is 0 Å². The Bertz CT molecular complexity index is 426. The van der Waals surface area contributed by atoms with Gasteiger partial charge >= 0.3 is 0 Å². The maximum atomic E-state index is 12.2. The van der Waals surface area contributed by atoms with Crippen LogP contribution in [0, 0.1) is 23.7 Å². The average molecular weight is 228 g/mol. The SMILES string of the molecule is CC1=C2C(=C(C)C1=O)C1CC3CC(CC2C3)C1. The highest BCUT2D eigenvalue weighted by atomic mass is 16.1. The van der Waals surface area contributed by atoms with Gasteiger partial charge in [-0.3, -0.25) is 4.79 Å². The summed E-state index contributed by atoms with van der Waals surface area (Å²) in [4.78, 5) is 12.2. The summed E-state index contributed by atoms with van der Waals surface area (Å²) >= 11 is 0. The topological polar surface area (TPSA) is 17.1 Å². The summed E-state index contributed by atoms with van der Waals surface area (Å²) in [5.41, 5.74) is 5.19. The number of carbonyl (C=O) groups is 1. The molecule has 4 fully saturated rings. The third-order valence-corrected chi connectivity index (χ3v) is 5.73. The molecule has 0 saturated heterocycles. The lowest BCUT2D eigenvalue weighted by atomic mass is 9.67. The fourth-order valence-electron chi connectivity index (χ4n) is 5.30. The van der Waals surface area contributed by atoms with Gasteiger partial charge < -0.3 is 0 Å². The molecule has 0 atom stereocenters. The molecule has 0 heterocycles. The monoisotopic (exact) mass is 228 g/mol. The second-order valence-corrected chi connectivity index (χ2v) is 6.71. The summed E-state index contributed by atoms with van der Waals surface area (Å²) in [5, 5.41) is 0. The van der Waals surface area contributed by atoms with Crippen LogP contribution in [-0.2, 0) is 4.79 Å². The molecule has 5 aliphatic carbocycles. The predicted molar refractivity (Wildman–Crippen MR) is 67.5 cm³/mol. The Balaban J connectivity index is 1.94.